The fourth-order valence-corrected chi connectivity index (χ4v) is 3.56. The number of rotatable bonds is 6. The lowest BCUT2D eigenvalue weighted by Gasteiger charge is -2.39. The van der Waals surface area contributed by atoms with Crippen LogP contribution in [-0.2, 0) is 20.6 Å². The normalized spacial score (nSPS) is 21.7. The summed E-state index contributed by atoms with van der Waals surface area (Å²) in [5.41, 5.74) is -5.84. The Labute approximate surface area is 158 Å². The number of imide groups is 1. The van der Waals surface area contributed by atoms with Crippen LogP contribution in [0.25, 0.3) is 0 Å². The lowest BCUT2D eigenvalue weighted by Crippen LogP contribution is -2.76. The fraction of sp³-hybridized carbons (Fsp3) is 0.412. The van der Waals surface area contributed by atoms with E-state index in [2.05, 4.69) is 16.0 Å². The van der Waals surface area contributed by atoms with E-state index < -0.39 is 46.7 Å². The SMILES string of the molecule is CNC1(CC=O)C(=O)N(c2ccc(C#N)c(C(F)(F)F)c2)C(=O)C1(NC)NC. The molecule has 0 bridgehead atoms. The maximum absolute atomic E-state index is 13.3. The lowest BCUT2D eigenvalue weighted by atomic mass is 9.83. The standard InChI is InChI=1S/C17H18F3N5O3/c1-22-15(6-7-26)13(27)25(14(28)16(15,23-2)24-3)11-5-4-10(9-21)12(8-11)17(18,19)20/h4-5,7-8,22-24H,6H2,1-3H3. The number of amides is 2. The molecular weight excluding hydrogens is 379 g/mol. The first kappa shape index (κ1) is 21.5. The molecule has 0 aromatic heterocycles. The second-order valence-electron chi connectivity index (χ2n) is 6.06. The van der Waals surface area contributed by atoms with Crippen molar-refractivity contribution in [2.75, 3.05) is 26.0 Å². The first-order chi connectivity index (χ1) is 13.1. The van der Waals surface area contributed by atoms with Crippen LogP contribution in [0.4, 0.5) is 18.9 Å². The molecule has 1 aromatic rings. The topological polar surface area (TPSA) is 114 Å². The summed E-state index contributed by atoms with van der Waals surface area (Å²) in [6.45, 7) is 0. The molecule has 0 spiro atoms. The number of nitrogens with one attached hydrogen (secondary N) is 3. The van der Waals surface area contributed by atoms with Crippen LogP contribution >= 0.6 is 0 Å². The predicted octanol–water partition coefficient (Wildman–Crippen LogP) is 0.133. The molecule has 3 N–H and O–H groups in total. The number of hydrogen-bond acceptors (Lipinski definition) is 7. The molecule has 1 heterocycles. The monoisotopic (exact) mass is 397 g/mol. The minimum absolute atomic E-state index is 0.362. The molecule has 8 nitrogen and oxygen atoms in total. The third-order valence-corrected chi connectivity index (χ3v) is 4.99. The van der Waals surface area contributed by atoms with Crippen molar-refractivity contribution in [3.8, 4) is 6.07 Å². The Morgan fingerprint density at radius 2 is 1.75 bits per heavy atom. The van der Waals surface area contributed by atoms with Crippen molar-refractivity contribution in [2.45, 2.75) is 23.8 Å². The van der Waals surface area contributed by atoms with Gasteiger partial charge in [0, 0.05) is 6.42 Å². The van der Waals surface area contributed by atoms with Crippen LogP contribution in [0.5, 0.6) is 0 Å². The van der Waals surface area contributed by atoms with Gasteiger partial charge < -0.3 is 10.1 Å². The second kappa shape index (κ2) is 7.31. The van der Waals surface area contributed by atoms with Gasteiger partial charge in [-0.2, -0.15) is 18.4 Å². The van der Waals surface area contributed by atoms with Gasteiger partial charge in [-0.05, 0) is 39.3 Å². The number of anilines is 1. The highest BCUT2D eigenvalue weighted by Gasteiger charge is 2.68. The zero-order chi connectivity index (χ0) is 21.3. The Morgan fingerprint density at radius 1 is 1.14 bits per heavy atom. The molecule has 1 aliphatic heterocycles. The molecule has 1 aliphatic rings. The Morgan fingerprint density at radius 3 is 2.18 bits per heavy atom. The quantitative estimate of drug-likeness (QED) is 0.355. The predicted molar refractivity (Wildman–Crippen MR) is 92.0 cm³/mol. The van der Waals surface area contributed by atoms with E-state index in [4.69, 9.17) is 5.26 Å². The molecule has 1 atom stereocenters. The van der Waals surface area contributed by atoms with Gasteiger partial charge in [0.15, 0.2) is 5.66 Å². The average Bonchev–Trinajstić information content (AvgIpc) is 2.85. The van der Waals surface area contributed by atoms with Crippen LogP contribution < -0.4 is 20.9 Å². The number of alkyl halides is 3. The number of nitriles is 1. The number of nitrogens with zero attached hydrogens (tertiary/aromatic N) is 2. The lowest BCUT2D eigenvalue weighted by molar-refractivity contribution is -0.138. The summed E-state index contributed by atoms with van der Waals surface area (Å²) >= 11 is 0. The molecule has 11 heteroatoms. The van der Waals surface area contributed by atoms with E-state index in [1.807, 2.05) is 0 Å². The molecule has 0 aliphatic carbocycles. The van der Waals surface area contributed by atoms with Crippen molar-refractivity contribution in [3.05, 3.63) is 29.3 Å². The number of benzene rings is 1. The highest BCUT2D eigenvalue weighted by atomic mass is 19.4. The van der Waals surface area contributed by atoms with E-state index in [9.17, 15) is 27.6 Å². The van der Waals surface area contributed by atoms with Gasteiger partial charge in [-0.15, -0.1) is 0 Å². The third-order valence-electron chi connectivity index (χ3n) is 4.99. The van der Waals surface area contributed by atoms with Gasteiger partial charge >= 0.3 is 6.18 Å². The van der Waals surface area contributed by atoms with Gasteiger partial charge in [0.2, 0.25) is 0 Å². The summed E-state index contributed by atoms with van der Waals surface area (Å²) in [6, 6.07) is 3.97. The zero-order valence-corrected chi connectivity index (χ0v) is 15.3. The molecule has 28 heavy (non-hydrogen) atoms. The number of carbonyl (C=O) groups is 3. The number of likely N-dealkylation sites (N-methyl/N-ethyl adjacent to an activating group) is 3. The van der Waals surface area contributed by atoms with Crippen molar-refractivity contribution in [1.82, 2.24) is 16.0 Å². The maximum Gasteiger partial charge on any atom is 0.417 e. The number of carbonyl (C=O) groups excluding carboxylic acids is 3. The highest BCUT2D eigenvalue weighted by molar-refractivity contribution is 6.29. The third kappa shape index (κ3) is 2.77. The van der Waals surface area contributed by atoms with Gasteiger partial charge in [-0.1, -0.05) is 0 Å². The second-order valence-corrected chi connectivity index (χ2v) is 6.06. The molecule has 0 saturated carbocycles. The van der Waals surface area contributed by atoms with Gasteiger partial charge in [0.1, 0.15) is 11.8 Å². The van der Waals surface area contributed by atoms with Crippen molar-refractivity contribution < 1.29 is 27.6 Å². The average molecular weight is 397 g/mol. The smallest absolute Gasteiger partial charge is 0.303 e. The molecule has 0 radical (unpaired) electrons. The van der Waals surface area contributed by atoms with Crippen LogP contribution in [0.3, 0.4) is 0 Å². The Balaban J connectivity index is 2.74. The molecular formula is C17H18F3N5O3. The molecule has 2 rings (SSSR count). The number of aldehydes is 1. The summed E-state index contributed by atoms with van der Waals surface area (Å²) in [7, 11) is 4.12. The van der Waals surface area contributed by atoms with Gasteiger partial charge in [-0.25, -0.2) is 4.90 Å². The summed E-state index contributed by atoms with van der Waals surface area (Å²) < 4.78 is 39.9. The van der Waals surface area contributed by atoms with Crippen molar-refractivity contribution in [1.29, 1.82) is 5.26 Å². The summed E-state index contributed by atoms with van der Waals surface area (Å²) in [5, 5.41) is 17.0. The van der Waals surface area contributed by atoms with Gasteiger partial charge in [0.05, 0.1) is 22.9 Å². The number of hydrogen-bond donors (Lipinski definition) is 3. The Bertz CT molecular complexity index is 861. The first-order valence-corrected chi connectivity index (χ1v) is 8.11. The Kier molecular flexibility index (Phi) is 5.61. The van der Waals surface area contributed by atoms with Gasteiger partial charge in [-0.3, -0.25) is 20.2 Å². The van der Waals surface area contributed by atoms with Crippen LogP contribution in [0, 0.1) is 11.3 Å². The summed E-state index contributed by atoms with van der Waals surface area (Å²) in [6.07, 6.45) is -4.85. The maximum atomic E-state index is 13.3. The van der Waals surface area contributed by atoms with E-state index in [-0.39, 0.29) is 5.69 Å². The number of halogens is 3. The Hall–Kier alpha value is -2.81. The molecule has 1 saturated heterocycles. The first-order valence-electron chi connectivity index (χ1n) is 8.11. The molecule has 1 fully saturated rings. The molecule has 1 aromatic carbocycles. The summed E-state index contributed by atoms with van der Waals surface area (Å²) in [5.74, 6) is -1.80. The van der Waals surface area contributed by atoms with Crippen molar-refractivity contribution >= 4 is 23.8 Å². The van der Waals surface area contributed by atoms with E-state index in [0.717, 1.165) is 12.1 Å². The zero-order valence-electron chi connectivity index (χ0n) is 15.3. The molecule has 1 unspecified atom stereocenters. The van der Waals surface area contributed by atoms with E-state index in [1.165, 1.54) is 27.2 Å². The molecule has 2 amide bonds. The van der Waals surface area contributed by atoms with Crippen LogP contribution in [0.2, 0.25) is 0 Å². The molecule has 150 valence electrons. The van der Waals surface area contributed by atoms with E-state index >= 15 is 0 Å². The van der Waals surface area contributed by atoms with E-state index in [1.54, 1.807) is 0 Å². The summed E-state index contributed by atoms with van der Waals surface area (Å²) in [4.78, 5) is 38.1. The van der Waals surface area contributed by atoms with Crippen molar-refractivity contribution in [3.63, 3.8) is 0 Å². The van der Waals surface area contributed by atoms with E-state index in [0.29, 0.717) is 17.3 Å². The van der Waals surface area contributed by atoms with Crippen molar-refractivity contribution in [2.24, 2.45) is 0 Å². The minimum atomic E-state index is -4.86. The largest absolute Gasteiger partial charge is 0.417 e. The van der Waals surface area contributed by atoms with Crippen LogP contribution in [0.1, 0.15) is 17.5 Å². The van der Waals surface area contributed by atoms with Gasteiger partial charge in [0.25, 0.3) is 11.8 Å². The minimum Gasteiger partial charge on any atom is -0.303 e. The van der Waals surface area contributed by atoms with Crippen LogP contribution in [0.15, 0.2) is 18.2 Å². The highest BCUT2D eigenvalue weighted by Crippen LogP contribution is 2.40. The van der Waals surface area contributed by atoms with Crippen LogP contribution in [-0.4, -0.2) is 50.4 Å². The fourth-order valence-electron chi connectivity index (χ4n) is 3.56.